The molecule has 1 amide bonds. The molecule has 2 aliphatic heterocycles. The minimum absolute atomic E-state index is 0. The molecule has 3 atom stereocenters. The molecule has 0 spiro atoms. The fraction of sp³-hybridized carbons (Fsp3) is 0.412. The zero-order chi connectivity index (χ0) is 16.0. The predicted molar refractivity (Wildman–Crippen MR) is 95.5 cm³/mol. The van der Waals surface area contributed by atoms with E-state index in [1.54, 1.807) is 17.9 Å². The third-order valence-corrected chi connectivity index (χ3v) is 5.23. The Morgan fingerprint density at radius 1 is 1.29 bits per heavy atom. The van der Waals surface area contributed by atoms with Crippen LogP contribution in [0, 0.1) is 11.8 Å². The van der Waals surface area contributed by atoms with E-state index in [2.05, 4.69) is 22.5 Å². The third kappa shape index (κ3) is 2.81. The van der Waals surface area contributed by atoms with Crippen LogP contribution in [0.3, 0.4) is 0 Å². The van der Waals surface area contributed by atoms with E-state index in [-0.39, 0.29) is 24.4 Å². The average Bonchev–Trinajstić information content (AvgIpc) is 3.21. The molecule has 0 saturated carbocycles. The quantitative estimate of drug-likeness (QED) is 0.888. The van der Waals surface area contributed by atoms with Gasteiger partial charge in [0, 0.05) is 38.8 Å². The van der Waals surface area contributed by atoms with Gasteiger partial charge in [-0.1, -0.05) is 41.9 Å². The van der Waals surface area contributed by atoms with E-state index in [1.165, 1.54) is 5.56 Å². The lowest BCUT2D eigenvalue weighted by Crippen LogP contribution is -2.35. The molecule has 2 aliphatic rings. The van der Waals surface area contributed by atoms with Crippen LogP contribution >= 0.6 is 24.0 Å². The van der Waals surface area contributed by atoms with Crippen LogP contribution in [0.25, 0.3) is 0 Å². The summed E-state index contributed by atoms with van der Waals surface area (Å²) in [5.41, 5.74) is 1.53. The average molecular weight is 367 g/mol. The van der Waals surface area contributed by atoms with Crippen molar-refractivity contribution in [1.82, 2.24) is 20.0 Å². The first-order valence-corrected chi connectivity index (χ1v) is 8.28. The zero-order valence-corrected chi connectivity index (χ0v) is 14.9. The van der Waals surface area contributed by atoms with Gasteiger partial charge in [-0.25, -0.2) is 0 Å². The number of benzene rings is 1. The smallest absolute Gasteiger partial charge is 0.276 e. The maximum absolute atomic E-state index is 13.0. The van der Waals surface area contributed by atoms with Crippen LogP contribution in [0.1, 0.15) is 22.1 Å². The Morgan fingerprint density at radius 3 is 2.71 bits per heavy atom. The summed E-state index contributed by atoms with van der Waals surface area (Å²) < 4.78 is 1.59. The van der Waals surface area contributed by atoms with Crippen molar-refractivity contribution in [3.8, 4) is 0 Å². The van der Waals surface area contributed by atoms with Crippen LogP contribution in [-0.2, 0) is 7.05 Å². The van der Waals surface area contributed by atoms with Gasteiger partial charge in [0.25, 0.3) is 5.91 Å². The Kier molecular flexibility index (Phi) is 4.85. The van der Waals surface area contributed by atoms with Gasteiger partial charge >= 0.3 is 0 Å². The number of fused-ring (bicyclic) bond motifs is 1. The summed E-state index contributed by atoms with van der Waals surface area (Å²) in [5.74, 6) is 0.870. The van der Waals surface area contributed by atoms with Gasteiger partial charge in [-0.3, -0.25) is 9.48 Å². The molecule has 128 valence electrons. The number of hydrogen-bond acceptors (Lipinski definition) is 3. The summed E-state index contributed by atoms with van der Waals surface area (Å²) in [7, 11) is 1.78. The van der Waals surface area contributed by atoms with Gasteiger partial charge in [0.2, 0.25) is 0 Å². The monoisotopic (exact) mass is 366 g/mol. The van der Waals surface area contributed by atoms with E-state index < -0.39 is 0 Å². The van der Waals surface area contributed by atoms with Crippen molar-refractivity contribution in [1.29, 1.82) is 0 Å². The molecule has 0 bridgehead atoms. The molecule has 4 rings (SSSR count). The molecule has 0 radical (unpaired) electrons. The number of nitrogens with zero attached hydrogens (tertiary/aromatic N) is 3. The summed E-state index contributed by atoms with van der Waals surface area (Å²) >= 11 is 6.19. The minimum atomic E-state index is -0.0705. The summed E-state index contributed by atoms with van der Waals surface area (Å²) in [6.07, 6.45) is 1.67. The highest BCUT2D eigenvalue weighted by molar-refractivity contribution is 6.33. The van der Waals surface area contributed by atoms with E-state index in [1.807, 2.05) is 23.1 Å². The molecule has 2 fully saturated rings. The third-order valence-electron chi connectivity index (χ3n) is 4.95. The first-order chi connectivity index (χ1) is 11.1. The van der Waals surface area contributed by atoms with Gasteiger partial charge in [-0.2, -0.15) is 5.10 Å². The van der Waals surface area contributed by atoms with Crippen molar-refractivity contribution in [2.45, 2.75) is 6.04 Å². The first-order valence-electron chi connectivity index (χ1n) is 7.91. The van der Waals surface area contributed by atoms with E-state index >= 15 is 0 Å². The van der Waals surface area contributed by atoms with Crippen molar-refractivity contribution < 1.29 is 4.79 Å². The lowest BCUT2D eigenvalue weighted by Gasteiger charge is -2.28. The van der Waals surface area contributed by atoms with E-state index in [0.29, 0.717) is 22.6 Å². The summed E-state index contributed by atoms with van der Waals surface area (Å²) in [5, 5.41) is 8.13. The van der Waals surface area contributed by atoms with Gasteiger partial charge < -0.3 is 10.2 Å². The topological polar surface area (TPSA) is 50.2 Å². The number of carbonyl (C=O) groups is 1. The number of hydrogen-bond donors (Lipinski definition) is 1. The summed E-state index contributed by atoms with van der Waals surface area (Å²) in [4.78, 5) is 15.0. The van der Waals surface area contributed by atoms with Crippen LogP contribution in [0.4, 0.5) is 0 Å². The van der Waals surface area contributed by atoms with E-state index in [9.17, 15) is 4.79 Å². The Labute approximate surface area is 152 Å². The highest BCUT2D eigenvalue weighted by Gasteiger charge is 2.47. The van der Waals surface area contributed by atoms with Gasteiger partial charge in [0.1, 0.15) is 0 Å². The number of aromatic nitrogens is 2. The van der Waals surface area contributed by atoms with Crippen molar-refractivity contribution >= 4 is 29.9 Å². The molecular weight excluding hydrogens is 347 g/mol. The summed E-state index contributed by atoms with van der Waals surface area (Å²) in [6.45, 7) is 2.67. The lowest BCUT2D eigenvalue weighted by atomic mass is 9.89. The Hall–Kier alpha value is -1.56. The molecule has 5 nitrogen and oxygen atoms in total. The standard InChI is InChI=1S/C17H19ClN4O.ClH/c1-21-10-14(18)15(20-21)17(23)22-9-12-7-19-8-13(12)16(22)11-5-3-2-4-6-11;/h2-6,10,12-13,16,19H,7-9H2,1H3;1H/t12-,13-,16+;/m0./s1. The molecule has 2 aromatic rings. The molecule has 2 saturated heterocycles. The number of carbonyl (C=O) groups excluding carboxylic acids is 1. The lowest BCUT2D eigenvalue weighted by molar-refractivity contribution is 0.0707. The molecule has 1 N–H and O–H groups in total. The fourth-order valence-electron chi connectivity index (χ4n) is 3.95. The second kappa shape index (κ2) is 6.75. The van der Waals surface area contributed by atoms with Crippen LogP contribution in [-0.4, -0.2) is 40.2 Å². The molecule has 1 aromatic heterocycles. The molecule has 24 heavy (non-hydrogen) atoms. The maximum atomic E-state index is 13.0. The van der Waals surface area contributed by atoms with Crippen LogP contribution in [0.5, 0.6) is 0 Å². The van der Waals surface area contributed by atoms with Crippen LogP contribution in [0.15, 0.2) is 36.5 Å². The molecule has 0 aliphatic carbocycles. The molecule has 7 heteroatoms. The van der Waals surface area contributed by atoms with E-state index in [0.717, 1.165) is 19.6 Å². The Bertz CT molecular complexity index is 733. The van der Waals surface area contributed by atoms with Crippen molar-refractivity contribution in [2.24, 2.45) is 18.9 Å². The molecule has 1 aromatic carbocycles. The predicted octanol–water partition coefficient (Wildman–Crippen LogP) is 2.53. The maximum Gasteiger partial charge on any atom is 0.276 e. The number of amides is 1. The second-order valence-electron chi connectivity index (χ2n) is 6.39. The number of halogens is 2. The number of nitrogens with one attached hydrogen (secondary N) is 1. The van der Waals surface area contributed by atoms with E-state index in [4.69, 9.17) is 11.6 Å². The van der Waals surface area contributed by atoms with Gasteiger partial charge in [-0.15, -0.1) is 12.4 Å². The first kappa shape index (κ1) is 17.3. The number of rotatable bonds is 2. The number of likely N-dealkylation sites (tertiary alicyclic amines) is 1. The number of aryl methyl sites for hydroxylation is 1. The van der Waals surface area contributed by atoms with Gasteiger partial charge in [-0.05, 0) is 11.5 Å². The SMILES string of the molecule is Cl.Cn1cc(Cl)c(C(=O)N2C[C@@H]3CNC[C@@H]3[C@H]2c2ccccc2)n1. The van der Waals surface area contributed by atoms with Gasteiger partial charge in [0.05, 0.1) is 11.1 Å². The normalized spacial score (nSPS) is 25.4. The summed E-state index contributed by atoms with van der Waals surface area (Å²) in [6, 6.07) is 10.4. The van der Waals surface area contributed by atoms with Crippen molar-refractivity contribution in [3.63, 3.8) is 0 Å². The zero-order valence-electron chi connectivity index (χ0n) is 13.4. The highest BCUT2D eigenvalue weighted by Crippen LogP contribution is 2.43. The molecular formula is C17H20Cl2N4O. The minimum Gasteiger partial charge on any atom is -0.329 e. The second-order valence-corrected chi connectivity index (χ2v) is 6.80. The van der Waals surface area contributed by atoms with Gasteiger partial charge in [0.15, 0.2) is 5.69 Å². The van der Waals surface area contributed by atoms with Crippen molar-refractivity contribution in [2.75, 3.05) is 19.6 Å². The largest absolute Gasteiger partial charge is 0.329 e. The Balaban J connectivity index is 0.00000169. The molecule has 0 unspecified atom stereocenters. The Morgan fingerprint density at radius 2 is 2.04 bits per heavy atom. The molecule has 3 heterocycles. The fourth-order valence-corrected chi connectivity index (χ4v) is 4.21. The van der Waals surface area contributed by atoms with Crippen LogP contribution < -0.4 is 5.32 Å². The van der Waals surface area contributed by atoms with Crippen LogP contribution in [0.2, 0.25) is 5.02 Å². The highest BCUT2D eigenvalue weighted by atomic mass is 35.5. The van der Waals surface area contributed by atoms with Crippen molar-refractivity contribution in [3.05, 3.63) is 52.8 Å².